The van der Waals surface area contributed by atoms with Crippen LogP contribution < -0.4 is 4.90 Å². The maximum absolute atomic E-state index is 13.3. The minimum Gasteiger partial charge on any atom is -0.508 e. The Morgan fingerprint density at radius 3 is 2.32 bits per heavy atom. The molecule has 0 spiro atoms. The van der Waals surface area contributed by atoms with Crippen LogP contribution in [0.3, 0.4) is 0 Å². The lowest BCUT2D eigenvalue weighted by molar-refractivity contribution is 0.160. The van der Waals surface area contributed by atoms with Crippen molar-refractivity contribution in [3.63, 3.8) is 0 Å². The van der Waals surface area contributed by atoms with E-state index in [0.29, 0.717) is 18.4 Å². The second kappa shape index (κ2) is 11.3. The molecule has 1 heterocycles. The van der Waals surface area contributed by atoms with Gasteiger partial charge in [-0.05, 0) is 77.9 Å². The topological polar surface area (TPSA) is 63.9 Å². The van der Waals surface area contributed by atoms with Crippen molar-refractivity contribution in [2.75, 3.05) is 4.90 Å². The lowest BCUT2D eigenvalue weighted by Gasteiger charge is -2.31. The van der Waals surface area contributed by atoms with Crippen LogP contribution in [0.25, 0.3) is 11.1 Å². The molecule has 4 aromatic rings. The normalized spacial score (nSPS) is 18.1. The molecule has 3 atom stereocenters. The van der Waals surface area contributed by atoms with Crippen molar-refractivity contribution in [2.45, 2.75) is 37.8 Å². The maximum Gasteiger partial charge on any atom is 0.123 e. The number of halogens is 1. The number of para-hydroxylation sites is 1. The number of rotatable bonds is 8. The average Bonchev–Trinajstić information content (AvgIpc) is 3.24. The molecule has 1 unspecified atom stereocenters. The smallest absolute Gasteiger partial charge is 0.123 e. The van der Waals surface area contributed by atoms with E-state index in [0.717, 1.165) is 40.2 Å². The van der Waals surface area contributed by atoms with Crippen molar-refractivity contribution in [1.29, 1.82) is 0 Å². The van der Waals surface area contributed by atoms with E-state index in [1.54, 1.807) is 36.4 Å². The summed E-state index contributed by atoms with van der Waals surface area (Å²) in [6, 6.07) is 28.4. The first kappa shape index (κ1) is 25.9. The summed E-state index contributed by atoms with van der Waals surface area (Å²) in [6.45, 7) is 0. The molecule has 0 aromatic heterocycles. The standard InChI is InChI=1S/C32H30FNO3S/c33-25-15-12-21(13-16-25)29(36)11-5-7-24-20-31(38)34(26-8-2-1-3-9-26)32(24)28-17-14-23(19-30(28)37)22-6-4-10-27(35)18-22/h1-4,6,8-10,12-19,24,29,32,35-37H,5,7,11,20H2/t24-,29?,32-/m0/s1. The van der Waals surface area contributed by atoms with E-state index >= 15 is 0 Å². The van der Waals surface area contributed by atoms with E-state index < -0.39 is 6.10 Å². The molecule has 38 heavy (non-hydrogen) atoms. The summed E-state index contributed by atoms with van der Waals surface area (Å²) in [7, 11) is 0. The molecule has 0 amide bonds. The zero-order chi connectivity index (χ0) is 26.6. The highest BCUT2D eigenvalue weighted by molar-refractivity contribution is 7.80. The molecule has 4 aromatic carbocycles. The molecule has 0 saturated carbocycles. The molecule has 0 bridgehead atoms. The van der Waals surface area contributed by atoms with E-state index in [9.17, 15) is 19.7 Å². The Bertz CT molecular complexity index is 1410. The fourth-order valence-corrected chi connectivity index (χ4v) is 5.86. The van der Waals surface area contributed by atoms with E-state index in [4.69, 9.17) is 12.2 Å². The fraction of sp³-hybridized carbons (Fsp3) is 0.219. The molecule has 1 aliphatic rings. The summed E-state index contributed by atoms with van der Waals surface area (Å²) in [4.78, 5) is 2.96. The summed E-state index contributed by atoms with van der Waals surface area (Å²) in [5, 5.41) is 31.8. The molecule has 0 aliphatic carbocycles. The molecule has 3 N–H and O–H groups in total. The fourth-order valence-electron chi connectivity index (χ4n) is 5.43. The van der Waals surface area contributed by atoms with Crippen molar-refractivity contribution in [2.24, 2.45) is 5.92 Å². The van der Waals surface area contributed by atoms with Gasteiger partial charge in [-0.25, -0.2) is 4.39 Å². The van der Waals surface area contributed by atoms with Crippen molar-refractivity contribution in [3.8, 4) is 22.6 Å². The molecule has 4 nitrogen and oxygen atoms in total. The minimum absolute atomic E-state index is 0.139. The summed E-state index contributed by atoms with van der Waals surface area (Å²) < 4.78 is 13.3. The number of hydrogen-bond donors (Lipinski definition) is 3. The number of anilines is 1. The molecular weight excluding hydrogens is 497 g/mol. The number of aromatic hydroxyl groups is 2. The van der Waals surface area contributed by atoms with Gasteiger partial charge in [0.2, 0.25) is 0 Å². The minimum atomic E-state index is -0.664. The monoisotopic (exact) mass is 527 g/mol. The zero-order valence-electron chi connectivity index (χ0n) is 20.9. The van der Waals surface area contributed by atoms with Gasteiger partial charge < -0.3 is 20.2 Å². The Kier molecular flexibility index (Phi) is 7.72. The van der Waals surface area contributed by atoms with Crippen LogP contribution in [-0.4, -0.2) is 20.3 Å². The van der Waals surface area contributed by atoms with Gasteiger partial charge in [0.25, 0.3) is 0 Å². The summed E-state index contributed by atoms with van der Waals surface area (Å²) >= 11 is 5.86. The van der Waals surface area contributed by atoms with E-state index in [-0.39, 0.29) is 29.3 Å². The van der Waals surface area contributed by atoms with Crippen LogP contribution in [0.2, 0.25) is 0 Å². The van der Waals surface area contributed by atoms with Crippen LogP contribution in [0.15, 0.2) is 97.1 Å². The third kappa shape index (κ3) is 5.57. The molecule has 0 radical (unpaired) electrons. The lowest BCUT2D eigenvalue weighted by Crippen LogP contribution is -2.28. The second-order valence-corrected chi connectivity index (χ2v) is 10.3. The van der Waals surface area contributed by atoms with Crippen LogP contribution in [-0.2, 0) is 0 Å². The summed E-state index contributed by atoms with van der Waals surface area (Å²) in [5.74, 6) is 0.169. The second-order valence-electron chi connectivity index (χ2n) is 9.83. The number of hydrogen-bond acceptors (Lipinski definition) is 4. The number of thiocarbonyl (C=S) groups is 1. The Morgan fingerprint density at radius 1 is 0.868 bits per heavy atom. The van der Waals surface area contributed by atoms with Crippen LogP contribution in [0.1, 0.15) is 49.0 Å². The molecule has 5 rings (SSSR count). The van der Waals surface area contributed by atoms with Crippen molar-refractivity contribution in [3.05, 3.63) is 114 Å². The van der Waals surface area contributed by atoms with Gasteiger partial charge in [-0.1, -0.05) is 73.2 Å². The van der Waals surface area contributed by atoms with Crippen LogP contribution in [0, 0.1) is 11.7 Å². The summed E-state index contributed by atoms with van der Waals surface area (Å²) in [5.41, 5.74) is 4.11. The van der Waals surface area contributed by atoms with E-state index in [1.165, 1.54) is 12.1 Å². The molecule has 1 saturated heterocycles. The van der Waals surface area contributed by atoms with Gasteiger partial charge in [0.1, 0.15) is 17.3 Å². The molecular formula is C32H30FNO3S. The first-order valence-electron chi connectivity index (χ1n) is 12.8. The predicted octanol–water partition coefficient (Wildman–Crippen LogP) is 7.70. The highest BCUT2D eigenvalue weighted by atomic mass is 32.1. The Balaban J connectivity index is 1.41. The SMILES string of the molecule is Oc1cccc(-c2ccc([C@@H]3[C@@H](CCCC(O)c4ccc(F)cc4)CC(=S)N3c3ccccc3)c(O)c2)c1. The van der Waals surface area contributed by atoms with Gasteiger partial charge in [0, 0.05) is 17.7 Å². The zero-order valence-corrected chi connectivity index (χ0v) is 21.7. The predicted molar refractivity (Wildman–Crippen MR) is 153 cm³/mol. The number of aliphatic hydroxyl groups excluding tert-OH is 1. The quantitative estimate of drug-likeness (QED) is 0.205. The number of nitrogens with zero attached hydrogens (tertiary/aromatic N) is 1. The van der Waals surface area contributed by atoms with Gasteiger partial charge in [0.05, 0.1) is 17.1 Å². The Morgan fingerprint density at radius 2 is 1.61 bits per heavy atom. The number of phenolic OH excluding ortho intramolecular Hbond substituents is 2. The van der Waals surface area contributed by atoms with Crippen LogP contribution in [0.5, 0.6) is 11.5 Å². The van der Waals surface area contributed by atoms with Crippen LogP contribution >= 0.6 is 12.2 Å². The first-order valence-corrected chi connectivity index (χ1v) is 13.2. The maximum atomic E-state index is 13.3. The third-order valence-corrected chi connectivity index (χ3v) is 7.66. The first-order chi connectivity index (χ1) is 18.4. The average molecular weight is 528 g/mol. The molecule has 194 valence electrons. The van der Waals surface area contributed by atoms with E-state index in [1.807, 2.05) is 48.5 Å². The third-order valence-electron chi connectivity index (χ3n) is 7.30. The van der Waals surface area contributed by atoms with Gasteiger partial charge in [0.15, 0.2) is 0 Å². The van der Waals surface area contributed by atoms with Crippen molar-refractivity contribution < 1.29 is 19.7 Å². The van der Waals surface area contributed by atoms with Gasteiger partial charge in [-0.2, -0.15) is 0 Å². The number of phenols is 2. The number of benzene rings is 4. The van der Waals surface area contributed by atoms with Gasteiger partial charge in [-0.3, -0.25) is 0 Å². The van der Waals surface area contributed by atoms with Crippen molar-refractivity contribution in [1.82, 2.24) is 0 Å². The highest BCUT2D eigenvalue weighted by Crippen LogP contribution is 2.47. The molecule has 1 aliphatic heterocycles. The summed E-state index contributed by atoms with van der Waals surface area (Å²) in [6.07, 6.45) is 2.15. The molecule has 6 heteroatoms. The molecule has 1 fully saturated rings. The highest BCUT2D eigenvalue weighted by Gasteiger charge is 2.40. The lowest BCUT2D eigenvalue weighted by atomic mass is 9.87. The largest absolute Gasteiger partial charge is 0.508 e. The van der Waals surface area contributed by atoms with Crippen molar-refractivity contribution >= 4 is 22.9 Å². The Hall–Kier alpha value is -3.74. The van der Waals surface area contributed by atoms with E-state index in [2.05, 4.69) is 4.90 Å². The van der Waals surface area contributed by atoms with Crippen LogP contribution in [0.4, 0.5) is 10.1 Å². The number of aliphatic hydroxyl groups is 1. The Labute approximate surface area is 227 Å². The van der Waals surface area contributed by atoms with Gasteiger partial charge >= 0.3 is 0 Å². The van der Waals surface area contributed by atoms with Gasteiger partial charge in [-0.15, -0.1) is 0 Å².